The standard InChI is InChI=1S/C28H20O2/c29-26-16-25(28(30)24-10-4-3-9-21(24)26)22-11-5-7-18-13-14-20-19-8-2-1-6-17(19)12-15-23(20)27(18)22/h1-4,6,8-10,12-16,22H,5,7,11H2. The molecule has 0 radical (unpaired) electrons. The molecule has 0 amide bonds. The number of carbonyl (C=O) groups excluding carboxylic acids is 2. The highest BCUT2D eigenvalue weighted by molar-refractivity contribution is 6.25. The van der Waals surface area contributed by atoms with Crippen LogP contribution in [0.2, 0.25) is 0 Å². The highest BCUT2D eigenvalue weighted by atomic mass is 16.1. The van der Waals surface area contributed by atoms with Crippen molar-refractivity contribution in [3.8, 4) is 0 Å². The molecule has 0 heterocycles. The van der Waals surface area contributed by atoms with Crippen molar-refractivity contribution in [3.05, 3.63) is 107 Å². The minimum absolute atomic E-state index is 0.000780. The van der Waals surface area contributed by atoms with Gasteiger partial charge in [-0.15, -0.1) is 0 Å². The Balaban J connectivity index is 1.59. The number of hydrogen-bond acceptors (Lipinski definition) is 2. The lowest BCUT2D eigenvalue weighted by Crippen LogP contribution is -2.23. The first-order valence-corrected chi connectivity index (χ1v) is 10.6. The number of rotatable bonds is 1. The Kier molecular flexibility index (Phi) is 3.76. The molecule has 0 fully saturated rings. The molecule has 4 aromatic carbocycles. The van der Waals surface area contributed by atoms with Crippen molar-refractivity contribution < 1.29 is 9.59 Å². The van der Waals surface area contributed by atoms with Crippen LogP contribution in [0.1, 0.15) is 50.6 Å². The molecule has 4 aromatic rings. The van der Waals surface area contributed by atoms with E-state index in [-0.39, 0.29) is 17.5 Å². The average Bonchev–Trinajstić information content (AvgIpc) is 2.80. The number of benzene rings is 4. The first kappa shape index (κ1) is 17.3. The van der Waals surface area contributed by atoms with Gasteiger partial charge in [-0.3, -0.25) is 9.59 Å². The zero-order valence-electron chi connectivity index (χ0n) is 16.5. The molecule has 2 aliphatic carbocycles. The van der Waals surface area contributed by atoms with Crippen LogP contribution in [0, 0.1) is 0 Å². The Labute approximate surface area is 174 Å². The molecule has 1 unspecified atom stereocenters. The SMILES string of the molecule is O=C1C=C(C2CCCc3ccc4c(ccc5ccccc54)c32)C(=O)c2ccccc21. The molecule has 2 heteroatoms. The molecule has 0 aromatic heterocycles. The van der Waals surface area contributed by atoms with E-state index in [1.54, 1.807) is 18.2 Å². The second kappa shape index (κ2) is 6.50. The Morgan fingerprint density at radius 1 is 0.700 bits per heavy atom. The number of fused-ring (bicyclic) bond motifs is 6. The Bertz CT molecular complexity index is 1410. The number of aryl methyl sites for hydroxylation is 1. The van der Waals surface area contributed by atoms with Crippen LogP contribution in [0.25, 0.3) is 21.5 Å². The summed E-state index contributed by atoms with van der Waals surface area (Å²) < 4.78 is 0. The maximum Gasteiger partial charge on any atom is 0.190 e. The number of hydrogen-bond donors (Lipinski definition) is 0. The molecular weight excluding hydrogens is 368 g/mol. The minimum atomic E-state index is -0.0574. The van der Waals surface area contributed by atoms with Crippen molar-refractivity contribution in [1.29, 1.82) is 0 Å². The van der Waals surface area contributed by atoms with Crippen molar-refractivity contribution in [2.24, 2.45) is 0 Å². The third-order valence-corrected chi connectivity index (χ3v) is 6.71. The highest BCUT2D eigenvalue weighted by Gasteiger charge is 2.34. The maximum absolute atomic E-state index is 13.4. The van der Waals surface area contributed by atoms with Gasteiger partial charge < -0.3 is 0 Å². The summed E-state index contributed by atoms with van der Waals surface area (Å²) >= 11 is 0. The van der Waals surface area contributed by atoms with Gasteiger partial charge in [-0.1, -0.05) is 72.8 Å². The molecule has 2 aliphatic rings. The van der Waals surface area contributed by atoms with Crippen LogP contribution in [-0.2, 0) is 6.42 Å². The molecule has 0 spiro atoms. The van der Waals surface area contributed by atoms with Gasteiger partial charge in [0.15, 0.2) is 11.6 Å². The van der Waals surface area contributed by atoms with E-state index in [1.165, 1.54) is 32.7 Å². The summed E-state index contributed by atoms with van der Waals surface area (Å²) in [5.74, 6) is -0.0951. The summed E-state index contributed by atoms with van der Waals surface area (Å²) in [6, 6.07) is 24.4. The van der Waals surface area contributed by atoms with E-state index < -0.39 is 0 Å². The summed E-state index contributed by atoms with van der Waals surface area (Å²) in [5, 5.41) is 4.87. The summed E-state index contributed by atoms with van der Waals surface area (Å²) in [4.78, 5) is 26.2. The minimum Gasteiger partial charge on any atom is -0.289 e. The highest BCUT2D eigenvalue weighted by Crippen LogP contribution is 2.44. The molecule has 6 rings (SSSR count). The predicted octanol–water partition coefficient (Wildman–Crippen LogP) is 6.42. The van der Waals surface area contributed by atoms with Crippen molar-refractivity contribution in [3.63, 3.8) is 0 Å². The fourth-order valence-corrected chi connectivity index (χ4v) is 5.33. The van der Waals surface area contributed by atoms with Crippen LogP contribution in [0.4, 0.5) is 0 Å². The van der Waals surface area contributed by atoms with Crippen LogP contribution in [0.3, 0.4) is 0 Å². The molecular formula is C28H20O2. The first-order chi connectivity index (χ1) is 14.7. The van der Waals surface area contributed by atoms with Gasteiger partial charge in [0.1, 0.15) is 0 Å². The lowest BCUT2D eigenvalue weighted by Gasteiger charge is -2.30. The summed E-state index contributed by atoms with van der Waals surface area (Å²) in [7, 11) is 0. The van der Waals surface area contributed by atoms with Crippen LogP contribution in [0.15, 0.2) is 84.4 Å². The number of Topliss-reactive ketones (excluding diaryl/α,β-unsaturated/α-hetero) is 1. The molecule has 1 atom stereocenters. The van der Waals surface area contributed by atoms with Crippen molar-refractivity contribution in [1.82, 2.24) is 0 Å². The van der Waals surface area contributed by atoms with Gasteiger partial charge in [0, 0.05) is 22.6 Å². The molecule has 0 N–H and O–H groups in total. The fourth-order valence-electron chi connectivity index (χ4n) is 5.33. The molecule has 0 saturated carbocycles. The van der Waals surface area contributed by atoms with E-state index in [4.69, 9.17) is 0 Å². The Morgan fingerprint density at radius 2 is 1.47 bits per heavy atom. The van der Waals surface area contributed by atoms with E-state index in [1.807, 2.05) is 12.1 Å². The molecule has 0 aliphatic heterocycles. The molecule has 0 saturated heterocycles. The zero-order valence-corrected chi connectivity index (χ0v) is 16.5. The molecule has 144 valence electrons. The quantitative estimate of drug-likeness (QED) is 0.353. The van der Waals surface area contributed by atoms with E-state index in [0.29, 0.717) is 16.7 Å². The molecule has 2 nitrogen and oxygen atoms in total. The topological polar surface area (TPSA) is 34.1 Å². The van der Waals surface area contributed by atoms with Crippen LogP contribution in [0.5, 0.6) is 0 Å². The van der Waals surface area contributed by atoms with Gasteiger partial charge in [-0.25, -0.2) is 0 Å². The zero-order chi connectivity index (χ0) is 20.2. The van der Waals surface area contributed by atoms with E-state index in [0.717, 1.165) is 19.3 Å². The summed E-state index contributed by atoms with van der Waals surface area (Å²) in [6.45, 7) is 0. The Morgan fingerprint density at radius 3 is 2.37 bits per heavy atom. The van der Waals surface area contributed by atoms with Gasteiger partial charge in [-0.05, 0) is 58.0 Å². The molecule has 30 heavy (non-hydrogen) atoms. The van der Waals surface area contributed by atoms with Crippen LogP contribution in [-0.4, -0.2) is 11.6 Å². The smallest absolute Gasteiger partial charge is 0.190 e. The van der Waals surface area contributed by atoms with Gasteiger partial charge >= 0.3 is 0 Å². The summed E-state index contributed by atoms with van der Waals surface area (Å²) in [6.07, 6.45) is 4.54. The van der Waals surface area contributed by atoms with E-state index in [9.17, 15) is 9.59 Å². The third kappa shape index (κ3) is 2.43. The fraction of sp³-hybridized carbons (Fsp3) is 0.143. The predicted molar refractivity (Wildman–Crippen MR) is 120 cm³/mol. The van der Waals surface area contributed by atoms with E-state index >= 15 is 0 Å². The van der Waals surface area contributed by atoms with Crippen molar-refractivity contribution >= 4 is 33.1 Å². The normalized spacial score (nSPS) is 18.3. The van der Waals surface area contributed by atoms with Crippen LogP contribution >= 0.6 is 0 Å². The number of ketones is 2. The maximum atomic E-state index is 13.4. The van der Waals surface area contributed by atoms with Crippen molar-refractivity contribution in [2.45, 2.75) is 25.2 Å². The second-order valence-electron chi connectivity index (χ2n) is 8.30. The van der Waals surface area contributed by atoms with Gasteiger partial charge in [0.2, 0.25) is 0 Å². The van der Waals surface area contributed by atoms with Gasteiger partial charge in [0.05, 0.1) is 0 Å². The van der Waals surface area contributed by atoms with Crippen molar-refractivity contribution in [2.75, 3.05) is 0 Å². The number of carbonyl (C=O) groups is 2. The summed E-state index contributed by atoms with van der Waals surface area (Å²) in [5.41, 5.74) is 4.25. The third-order valence-electron chi connectivity index (χ3n) is 6.71. The van der Waals surface area contributed by atoms with Gasteiger partial charge in [0.25, 0.3) is 0 Å². The monoisotopic (exact) mass is 388 g/mol. The van der Waals surface area contributed by atoms with E-state index in [2.05, 4.69) is 48.5 Å². The van der Waals surface area contributed by atoms with Gasteiger partial charge in [-0.2, -0.15) is 0 Å². The lowest BCUT2D eigenvalue weighted by molar-refractivity contribution is 0.0978. The number of allylic oxidation sites excluding steroid dienone is 2. The molecule has 0 bridgehead atoms. The largest absolute Gasteiger partial charge is 0.289 e. The lowest BCUT2D eigenvalue weighted by atomic mass is 9.72. The second-order valence-corrected chi connectivity index (χ2v) is 8.30. The first-order valence-electron chi connectivity index (χ1n) is 10.6. The average molecular weight is 388 g/mol. The Hall–Kier alpha value is -3.52. The van der Waals surface area contributed by atoms with Crippen LogP contribution < -0.4 is 0 Å².